The molecule has 0 aliphatic heterocycles. The van der Waals surface area contributed by atoms with E-state index in [9.17, 15) is 14.7 Å². The molecule has 1 aromatic carbocycles. The second kappa shape index (κ2) is 9.53. The Morgan fingerprint density at radius 3 is 2.24 bits per heavy atom. The Balaban J connectivity index is 0.00000288. The van der Waals surface area contributed by atoms with E-state index in [0.29, 0.717) is 17.8 Å². The number of aliphatic carboxylic acids is 1. The van der Waals surface area contributed by atoms with Gasteiger partial charge in [-0.2, -0.15) is 0 Å². The predicted octanol–water partition coefficient (Wildman–Crippen LogP) is 3.24. The molecule has 2 N–H and O–H groups in total. The summed E-state index contributed by atoms with van der Waals surface area (Å²) >= 11 is 0. The summed E-state index contributed by atoms with van der Waals surface area (Å²) in [6.07, 6.45) is 0.453. The summed E-state index contributed by atoms with van der Waals surface area (Å²) in [4.78, 5) is 24.2. The molecule has 0 amide bonds. The van der Waals surface area contributed by atoms with E-state index in [4.69, 9.17) is 0 Å². The number of anilines is 1. The number of carboxylic acids is 1. The van der Waals surface area contributed by atoms with Gasteiger partial charge in [-0.1, -0.05) is 32.0 Å². The highest BCUT2D eigenvalue weighted by Crippen LogP contribution is 2.17. The number of para-hydroxylation sites is 1. The normalized spacial score (nSPS) is 11.4. The lowest BCUT2D eigenvalue weighted by Gasteiger charge is -2.16. The van der Waals surface area contributed by atoms with Gasteiger partial charge in [-0.25, -0.2) is 9.48 Å². The topological polar surface area (TPSA) is 76.3 Å². The number of rotatable bonds is 6. The average Bonchev–Trinajstić information content (AvgIpc) is 2.70. The third-order valence-corrected chi connectivity index (χ3v) is 3.88. The molecule has 1 heterocycles. The molecular weight excluding hydrogens is 365 g/mol. The fourth-order valence-corrected chi connectivity index (χ4v) is 2.60. The summed E-state index contributed by atoms with van der Waals surface area (Å²) in [5.41, 5.74) is 1.54. The van der Waals surface area contributed by atoms with Crippen molar-refractivity contribution in [3.63, 3.8) is 0 Å². The third-order valence-electron chi connectivity index (χ3n) is 3.88. The number of nitrogens with zero attached hydrogens (tertiary/aromatic N) is 2. The SMILES string of the molecule is Cc1c(N[C@@H](CC(C)C)C(=O)O)c(=O)n(-c2ccccc2)n1C.Cl.Cl. The van der Waals surface area contributed by atoms with Gasteiger partial charge in [0, 0.05) is 7.05 Å². The highest BCUT2D eigenvalue weighted by molar-refractivity contribution is 5.85. The molecule has 0 aliphatic rings. The predicted molar refractivity (Wildman–Crippen MR) is 105 cm³/mol. The fourth-order valence-electron chi connectivity index (χ4n) is 2.60. The molecule has 0 fully saturated rings. The van der Waals surface area contributed by atoms with Crippen LogP contribution in [0, 0.1) is 12.8 Å². The largest absolute Gasteiger partial charge is 0.480 e. The van der Waals surface area contributed by atoms with Gasteiger partial charge in [-0.3, -0.25) is 9.48 Å². The maximum atomic E-state index is 12.7. The first kappa shape index (κ1) is 23.1. The molecule has 140 valence electrons. The molecule has 0 unspecified atom stereocenters. The molecule has 25 heavy (non-hydrogen) atoms. The van der Waals surface area contributed by atoms with E-state index in [1.165, 1.54) is 4.68 Å². The Morgan fingerprint density at radius 2 is 1.76 bits per heavy atom. The molecule has 1 aromatic heterocycles. The molecule has 0 saturated heterocycles. The molecule has 0 saturated carbocycles. The summed E-state index contributed by atoms with van der Waals surface area (Å²) in [6.45, 7) is 5.72. The summed E-state index contributed by atoms with van der Waals surface area (Å²) in [7, 11) is 1.78. The number of nitrogens with one attached hydrogen (secondary N) is 1. The molecule has 6 nitrogen and oxygen atoms in total. The van der Waals surface area contributed by atoms with E-state index in [1.807, 2.05) is 44.2 Å². The van der Waals surface area contributed by atoms with Crippen molar-refractivity contribution in [3.8, 4) is 5.69 Å². The zero-order valence-electron chi connectivity index (χ0n) is 14.7. The second-order valence-electron chi connectivity index (χ2n) is 6.10. The van der Waals surface area contributed by atoms with Crippen LogP contribution in [-0.2, 0) is 11.8 Å². The van der Waals surface area contributed by atoms with Gasteiger partial charge in [0.1, 0.15) is 11.7 Å². The van der Waals surface area contributed by atoms with Gasteiger partial charge in [0.2, 0.25) is 0 Å². The highest BCUT2D eigenvalue weighted by atomic mass is 35.5. The van der Waals surface area contributed by atoms with Crippen LogP contribution in [0.3, 0.4) is 0 Å². The summed E-state index contributed by atoms with van der Waals surface area (Å²) in [5, 5.41) is 12.3. The van der Waals surface area contributed by atoms with Crippen LogP contribution < -0.4 is 10.9 Å². The summed E-state index contributed by atoms with van der Waals surface area (Å²) in [6, 6.07) is 8.49. The van der Waals surface area contributed by atoms with Crippen molar-refractivity contribution >= 4 is 36.5 Å². The third kappa shape index (κ3) is 5.03. The number of carbonyl (C=O) groups is 1. The van der Waals surface area contributed by atoms with Gasteiger partial charge in [0.15, 0.2) is 0 Å². The van der Waals surface area contributed by atoms with Crippen molar-refractivity contribution in [1.29, 1.82) is 0 Å². The Hall–Kier alpha value is -1.92. The number of hydrogen-bond donors (Lipinski definition) is 2. The highest BCUT2D eigenvalue weighted by Gasteiger charge is 2.23. The van der Waals surface area contributed by atoms with Crippen molar-refractivity contribution in [3.05, 3.63) is 46.4 Å². The van der Waals surface area contributed by atoms with E-state index in [2.05, 4.69) is 5.32 Å². The molecule has 0 spiro atoms. The number of aromatic nitrogens is 2. The summed E-state index contributed by atoms with van der Waals surface area (Å²) < 4.78 is 3.26. The first-order valence-electron chi connectivity index (χ1n) is 7.66. The van der Waals surface area contributed by atoms with Crippen molar-refractivity contribution < 1.29 is 9.90 Å². The minimum atomic E-state index is -0.951. The zero-order chi connectivity index (χ0) is 17.1. The lowest BCUT2D eigenvalue weighted by atomic mass is 10.0. The van der Waals surface area contributed by atoms with E-state index in [-0.39, 0.29) is 36.3 Å². The van der Waals surface area contributed by atoms with Crippen LogP contribution in [0.25, 0.3) is 5.69 Å². The van der Waals surface area contributed by atoms with Gasteiger partial charge < -0.3 is 10.4 Å². The van der Waals surface area contributed by atoms with Gasteiger partial charge >= 0.3 is 5.97 Å². The van der Waals surface area contributed by atoms with Crippen LogP contribution in [0.4, 0.5) is 5.69 Å². The Labute approximate surface area is 159 Å². The van der Waals surface area contributed by atoms with Crippen molar-refractivity contribution in [2.24, 2.45) is 13.0 Å². The first-order chi connectivity index (χ1) is 10.8. The lowest BCUT2D eigenvalue weighted by Crippen LogP contribution is -2.33. The Kier molecular flexibility index (Phi) is 8.80. The molecule has 2 rings (SSSR count). The maximum Gasteiger partial charge on any atom is 0.326 e. The van der Waals surface area contributed by atoms with Crippen LogP contribution in [0.1, 0.15) is 26.0 Å². The van der Waals surface area contributed by atoms with Crippen LogP contribution in [-0.4, -0.2) is 26.5 Å². The molecule has 8 heteroatoms. The number of carboxylic acid groups (broad SMARTS) is 1. The molecule has 1 atom stereocenters. The van der Waals surface area contributed by atoms with Crippen molar-refractivity contribution in [1.82, 2.24) is 9.36 Å². The average molecular weight is 390 g/mol. The summed E-state index contributed by atoms with van der Waals surface area (Å²) in [5.74, 6) is -0.739. The van der Waals surface area contributed by atoms with E-state index < -0.39 is 12.0 Å². The van der Waals surface area contributed by atoms with Crippen LogP contribution in [0.5, 0.6) is 0 Å². The fraction of sp³-hybridized carbons (Fsp3) is 0.412. The molecule has 2 aromatic rings. The van der Waals surface area contributed by atoms with E-state index >= 15 is 0 Å². The quantitative estimate of drug-likeness (QED) is 0.794. The van der Waals surface area contributed by atoms with E-state index in [1.54, 1.807) is 18.7 Å². The number of benzene rings is 1. The van der Waals surface area contributed by atoms with Gasteiger partial charge in [-0.05, 0) is 31.4 Å². The Bertz CT molecular complexity index is 754. The first-order valence-corrected chi connectivity index (χ1v) is 7.66. The monoisotopic (exact) mass is 389 g/mol. The lowest BCUT2D eigenvalue weighted by molar-refractivity contribution is -0.138. The van der Waals surface area contributed by atoms with Crippen LogP contribution >= 0.6 is 24.8 Å². The van der Waals surface area contributed by atoms with Gasteiger partial charge in [0.05, 0.1) is 11.4 Å². The Morgan fingerprint density at radius 1 is 1.20 bits per heavy atom. The minimum absolute atomic E-state index is 0. The molecule has 0 bridgehead atoms. The van der Waals surface area contributed by atoms with Gasteiger partial charge in [-0.15, -0.1) is 24.8 Å². The maximum absolute atomic E-state index is 12.7. The molecular formula is C17H25Cl2N3O3. The number of hydrogen-bond acceptors (Lipinski definition) is 3. The standard InChI is InChI=1S/C17H23N3O3.2ClH/c1-11(2)10-14(17(22)23)18-15-12(3)19(4)20(16(15)21)13-8-6-5-7-9-13;;/h5-9,11,14,18H,10H2,1-4H3,(H,22,23);2*1H/t14-;;/m0../s1. The molecule has 0 radical (unpaired) electrons. The van der Waals surface area contributed by atoms with Crippen LogP contribution in [0.2, 0.25) is 0 Å². The minimum Gasteiger partial charge on any atom is -0.480 e. The van der Waals surface area contributed by atoms with Crippen LogP contribution in [0.15, 0.2) is 35.1 Å². The van der Waals surface area contributed by atoms with E-state index in [0.717, 1.165) is 5.69 Å². The van der Waals surface area contributed by atoms with Crippen molar-refractivity contribution in [2.45, 2.75) is 33.2 Å². The zero-order valence-corrected chi connectivity index (χ0v) is 16.4. The van der Waals surface area contributed by atoms with Gasteiger partial charge in [0.25, 0.3) is 5.56 Å². The number of halogens is 2. The van der Waals surface area contributed by atoms with Crippen molar-refractivity contribution in [2.75, 3.05) is 5.32 Å². The molecule has 0 aliphatic carbocycles. The smallest absolute Gasteiger partial charge is 0.326 e. The second-order valence-corrected chi connectivity index (χ2v) is 6.10.